The maximum atomic E-state index is 9.69. The van der Waals surface area contributed by atoms with Gasteiger partial charge in [-0.2, -0.15) is 4.98 Å². The van der Waals surface area contributed by atoms with Crippen molar-refractivity contribution in [3.63, 3.8) is 0 Å². The number of ether oxygens (including phenoxy) is 1. The van der Waals surface area contributed by atoms with E-state index in [4.69, 9.17) is 9.26 Å². The second-order valence-electron chi connectivity index (χ2n) is 4.31. The number of nitrogens with zero attached hydrogens (tertiary/aromatic N) is 2. The van der Waals surface area contributed by atoms with Crippen molar-refractivity contribution >= 4 is 0 Å². The molecule has 0 aliphatic rings. The van der Waals surface area contributed by atoms with Gasteiger partial charge in [-0.15, -0.1) is 0 Å². The molecule has 1 aromatic carbocycles. The first-order valence-corrected chi connectivity index (χ1v) is 6.40. The van der Waals surface area contributed by atoms with Crippen LogP contribution in [0.4, 0.5) is 0 Å². The second-order valence-corrected chi connectivity index (χ2v) is 4.31. The molecule has 1 unspecified atom stereocenters. The van der Waals surface area contributed by atoms with Crippen LogP contribution in [-0.2, 0) is 4.74 Å². The Hall–Kier alpha value is -1.88. The molecule has 1 heterocycles. The fourth-order valence-corrected chi connectivity index (χ4v) is 1.80. The molecule has 1 atom stereocenters. The first-order valence-electron chi connectivity index (χ1n) is 6.40. The largest absolute Gasteiger partial charge is 0.508 e. The van der Waals surface area contributed by atoms with Crippen LogP contribution in [0.25, 0.3) is 11.5 Å². The van der Waals surface area contributed by atoms with Crippen molar-refractivity contribution in [1.29, 1.82) is 0 Å². The average molecular weight is 262 g/mol. The Bertz CT molecular complexity index is 551. The molecule has 2 rings (SSSR count). The fraction of sp³-hybridized carbons (Fsp3) is 0.429. The van der Waals surface area contributed by atoms with E-state index in [1.165, 1.54) is 0 Å². The summed E-state index contributed by atoms with van der Waals surface area (Å²) in [6, 6.07) is 5.27. The van der Waals surface area contributed by atoms with Crippen molar-refractivity contribution in [3.05, 3.63) is 29.6 Å². The van der Waals surface area contributed by atoms with Crippen LogP contribution in [0.1, 0.15) is 37.8 Å². The maximum Gasteiger partial charge on any atom is 0.258 e. The van der Waals surface area contributed by atoms with Gasteiger partial charge in [0.2, 0.25) is 5.82 Å². The summed E-state index contributed by atoms with van der Waals surface area (Å²) < 4.78 is 10.8. The highest BCUT2D eigenvalue weighted by Gasteiger charge is 2.17. The molecule has 0 fully saturated rings. The molecule has 5 heteroatoms. The van der Waals surface area contributed by atoms with Gasteiger partial charge in [-0.1, -0.05) is 18.1 Å². The van der Waals surface area contributed by atoms with Crippen molar-refractivity contribution in [3.8, 4) is 17.2 Å². The molecular weight excluding hydrogens is 244 g/mol. The summed E-state index contributed by atoms with van der Waals surface area (Å²) in [4.78, 5) is 4.33. The van der Waals surface area contributed by atoms with Crippen LogP contribution >= 0.6 is 0 Å². The zero-order valence-electron chi connectivity index (χ0n) is 11.4. The molecule has 5 nitrogen and oxygen atoms in total. The molecular formula is C14H18N2O3. The quantitative estimate of drug-likeness (QED) is 0.895. The van der Waals surface area contributed by atoms with E-state index in [0.717, 1.165) is 12.0 Å². The number of hydrogen-bond acceptors (Lipinski definition) is 5. The molecule has 0 amide bonds. The number of phenolic OH excluding ortho intramolecular Hbond substituents is 1. The van der Waals surface area contributed by atoms with Gasteiger partial charge in [0.15, 0.2) is 0 Å². The van der Waals surface area contributed by atoms with Gasteiger partial charge in [0.1, 0.15) is 11.9 Å². The number of benzene rings is 1. The SMILES string of the molecule is CCOC(CC)c1noc(-c2ccc(C)c(O)c2)n1. The zero-order valence-corrected chi connectivity index (χ0v) is 11.4. The van der Waals surface area contributed by atoms with Crippen molar-refractivity contribution in [2.24, 2.45) is 0 Å². The Balaban J connectivity index is 2.27. The van der Waals surface area contributed by atoms with Crippen LogP contribution in [0.5, 0.6) is 5.75 Å². The average Bonchev–Trinajstić information content (AvgIpc) is 2.88. The Morgan fingerprint density at radius 1 is 1.37 bits per heavy atom. The van der Waals surface area contributed by atoms with E-state index in [1.54, 1.807) is 6.07 Å². The normalized spacial score (nSPS) is 12.6. The van der Waals surface area contributed by atoms with Crippen LogP contribution < -0.4 is 0 Å². The van der Waals surface area contributed by atoms with Crippen molar-refractivity contribution in [2.75, 3.05) is 6.61 Å². The van der Waals surface area contributed by atoms with E-state index < -0.39 is 0 Å². The number of rotatable bonds is 5. The molecule has 19 heavy (non-hydrogen) atoms. The molecule has 1 aromatic heterocycles. The van der Waals surface area contributed by atoms with Gasteiger partial charge in [0.05, 0.1) is 0 Å². The molecule has 0 aliphatic heterocycles. The molecule has 0 bridgehead atoms. The van der Waals surface area contributed by atoms with Gasteiger partial charge >= 0.3 is 0 Å². The summed E-state index contributed by atoms with van der Waals surface area (Å²) in [7, 11) is 0. The number of aromatic hydroxyl groups is 1. The summed E-state index contributed by atoms with van der Waals surface area (Å²) in [6.45, 7) is 6.38. The van der Waals surface area contributed by atoms with Crippen molar-refractivity contribution < 1.29 is 14.4 Å². The van der Waals surface area contributed by atoms with E-state index in [-0.39, 0.29) is 11.9 Å². The van der Waals surface area contributed by atoms with Gasteiger partial charge in [0.25, 0.3) is 5.89 Å². The number of aromatic nitrogens is 2. The van der Waals surface area contributed by atoms with E-state index in [1.807, 2.05) is 32.9 Å². The molecule has 0 aliphatic carbocycles. The highest BCUT2D eigenvalue weighted by Crippen LogP contribution is 2.26. The summed E-state index contributed by atoms with van der Waals surface area (Å²) in [5, 5.41) is 13.6. The predicted octanol–water partition coefficient (Wildman–Crippen LogP) is 3.24. The van der Waals surface area contributed by atoms with Gasteiger partial charge in [-0.25, -0.2) is 0 Å². The van der Waals surface area contributed by atoms with Gasteiger partial charge < -0.3 is 14.4 Å². The monoisotopic (exact) mass is 262 g/mol. The smallest absolute Gasteiger partial charge is 0.258 e. The Morgan fingerprint density at radius 2 is 2.16 bits per heavy atom. The lowest BCUT2D eigenvalue weighted by Crippen LogP contribution is -2.04. The van der Waals surface area contributed by atoms with Gasteiger partial charge in [-0.3, -0.25) is 0 Å². The molecule has 0 radical (unpaired) electrons. The lowest BCUT2D eigenvalue weighted by atomic mass is 10.1. The van der Waals surface area contributed by atoms with Gasteiger partial charge in [0, 0.05) is 12.2 Å². The molecule has 2 aromatic rings. The maximum absolute atomic E-state index is 9.69. The first kappa shape index (κ1) is 13.5. The summed E-state index contributed by atoms with van der Waals surface area (Å²) in [5.41, 5.74) is 1.51. The second kappa shape index (κ2) is 5.84. The third kappa shape index (κ3) is 2.93. The van der Waals surface area contributed by atoms with E-state index >= 15 is 0 Å². The third-order valence-electron chi connectivity index (χ3n) is 2.92. The number of aryl methyl sites for hydroxylation is 1. The van der Waals surface area contributed by atoms with Crippen LogP contribution in [0.2, 0.25) is 0 Å². The Morgan fingerprint density at radius 3 is 2.79 bits per heavy atom. The van der Waals surface area contributed by atoms with Crippen molar-refractivity contribution in [2.45, 2.75) is 33.3 Å². The molecule has 1 N–H and O–H groups in total. The standard InChI is InChI=1S/C14H18N2O3/c1-4-12(18-5-2)13-15-14(19-16-13)10-7-6-9(3)11(17)8-10/h6-8,12,17H,4-5H2,1-3H3. The highest BCUT2D eigenvalue weighted by molar-refractivity contribution is 5.57. The third-order valence-corrected chi connectivity index (χ3v) is 2.92. The summed E-state index contributed by atoms with van der Waals surface area (Å²) >= 11 is 0. The zero-order chi connectivity index (χ0) is 13.8. The van der Waals surface area contributed by atoms with Crippen molar-refractivity contribution in [1.82, 2.24) is 10.1 Å². The highest BCUT2D eigenvalue weighted by atomic mass is 16.5. The van der Waals surface area contributed by atoms with Crippen LogP contribution in [0.3, 0.4) is 0 Å². The first-order chi connectivity index (χ1) is 9.15. The van der Waals surface area contributed by atoms with E-state index in [0.29, 0.717) is 23.9 Å². The van der Waals surface area contributed by atoms with Gasteiger partial charge in [-0.05, 0) is 38.0 Å². The van der Waals surface area contributed by atoms with Crippen LogP contribution in [-0.4, -0.2) is 21.9 Å². The molecule has 0 spiro atoms. The fourth-order valence-electron chi connectivity index (χ4n) is 1.80. The Labute approximate surface area is 112 Å². The minimum Gasteiger partial charge on any atom is -0.508 e. The summed E-state index contributed by atoms with van der Waals surface area (Å²) in [5.74, 6) is 1.15. The molecule has 102 valence electrons. The lowest BCUT2D eigenvalue weighted by Gasteiger charge is -2.09. The van der Waals surface area contributed by atoms with E-state index in [9.17, 15) is 5.11 Å². The topological polar surface area (TPSA) is 68.4 Å². The number of phenols is 1. The molecule has 0 saturated heterocycles. The van der Waals surface area contributed by atoms with Crippen LogP contribution in [0, 0.1) is 6.92 Å². The minimum absolute atomic E-state index is 0.151. The van der Waals surface area contributed by atoms with Crippen LogP contribution in [0.15, 0.2) is 22.7 Å². The van der Waals surface area contributed by atoms with E-state index in [2.05, 4.69) is 10.1 Å². The predicted molar refractivity (Wildman–Crippen MR) is 70.8 cm³/mol. The minimum atomic E-state index is -0.151. The summed E-state index contributed by atoms with van der Waals surface area (Å²) in [6.07, 6.45) is 0.632. The Kier molecular flexibility index (Phi) is 4.16. The number of hydrogen-bond donors (Lipinski definition) is 1. The molecule has 0 saturated carbocycles. The lowest BCUT2D eigenvalue weighted by molar-refractivity contribution is 0.0518.